The van der Waals surface area contributed by atoms with Crippen molar-refractivity contribution >= 4 is 5.91 Å². The fraction of sp³-hybridized carbons (Fsp3) is 0.537. The van der Waals surface area contributed by atoms with E-state index in [9.17, 15) is 30.3 Å². The van der Waals surface area contributed by atoms with Gasteiger partial charge in [-0.3, -0.25) is 4.79 Å². The highest BCUT2D eigenvalue weighted by Crippen LogP contribution is 2.23. The van der Waals surface area contributed by atoms with Gasteiger partial charge in [-0.25, -0.2) is 0 Å². The molecule has 11 heteroatoms. The van der Waals surface area contributed by atoms with Crippen LogP contribution in [0.4, 0.5) is 0 Å². The monoisotopic (exact) mass is 880 g/mol. The second kappa shape index (κ2) is 40.6. The molecule has 1 fully saturated rings. The average Bonchev–Trinajstić information content (AvgIpc) is 3.30. The molecule has 1 rings (SSSR count). The van der Waals surface area contributed by atoms with E-state index in [1.54, 1.807) is 6.92 Å². The van der Waals surface area contributed by atoms with Gasteiger partial charge in [0, 0.05) is 48.0 Å². The third-order valence-corrected chi connectivity index (χ3v) is 9.20. The van der Waals surface area contributed by atoms with Crippen LogP contribution in [0.1, 0.15) is 104 Å². The molecule has 0 radical (unpaired) electrons. The summed E-state index contributed by atoms with van der Waals surface area (Å²) in [5, 5.41) is 59.3. The summed E-state index contributed by atoms with van der Waals surface area (Å²) < 4.78 is 17.1. The number of hydrogen-bond donors (Lipinski definition) is 7. The number of carbonyl (C=O) groups excluding carboxylic acids is 1. The standard InChI is InChI=1S/C54H60N2O9/c1-4-6-8-10-12-14-16-18-19-20-21-22-23-24-25-26-27-28-30-32-34-36-38-41-49(58)56-46(50(59)47(57)40-37-35-33-31-29-17-15-13-11-9-7-5-2)44-64-54-53(62)52(61)51(60)48(65-54)45-63-43-39-42-55-3/h46-48,50-55,57,59-62H,5,7,9,11,13,15,17,29,31,33,35,37,39-40,42-45H2,1-3H3,(H,56,58)/t46-,47+,48?,50-,51-,52-,53?,54-/m0/s1. The van der Waals surface area contributed by atoms with Crippen molar-refractivity contribution in [1.29, 1.82) is 0 Å². The normalized spacial score (nSPS) is 17.3. The van der Waals surface area contributed by atoms with Crippen molar-refractivity contribution in [3.05, 3.63) is 0 Å². The van der Waals surface area contributed by atoms with Gasteiger partial charge in [-0.05, 0) is 128 Å². The number of hydrogen-bond acceptors (Lipinski definition) is 10. The molecule has 0 aromatic carbocycles. The quantitative estimate of drug-likeness (QED) is 0.0531. The molecule has 0 bridgehead atoms. The van der Waals surface area contributed by atoms with E-state index < -0.39 is 61.5 Å². The van der Waals surface area contributed by atoms with Gasteiger partial charge < -0.3 is 50.4 Å². The van der Waals surface area contributed by atoms with E-state index in [2.05, 4.69) is 160 Å². The Morgan fingerprint density at radius 1 is 0.600 bits per heavy atom. The smallest absolute Gasteiger partial charge is 0.297 e. The van der Waals surface area contributed by atoms with Crippen molar-refractivity contribution in [1.82, 2.24) is 10.6 Å². The molecular weight excluding hydrogens is 821 g/mol. The van der Waals surface area contributed by atoms with Crippen LogP contribution in [0.5, 0.6) is 0 Å². The lowest BCUT2D eigenvalue weighted by molar-refractivity contribution is -0.304. The van der Waals surface area contributed by atoms with Crippen molar-refractivity contribution < 1.29 is 44.5 Å². The molecule has 1 heterocycles. The van der Waals surface area contributed by atoms with Crippen LogP contribution in [-0.2, 0) is 19.0 Å². The van der Waals surface area contributed by atoms with Crippen LogP contribution in [-0.4, -0.2) is 114 Å². The summed E-state index contributed by atoms with van der Waals surface area (Å²) in [5.41, 5.74) is 0. The maximum Gasteiger partial charge on any atom is 0.297 e. The van der Waals surface area contributed by atoms with Crippen molar-refractivity contribution in [2.24, 2.45) is 0 Å². The Kier molecular flexibility index (Phi) is 35.5. The van der Waals surface area contributed by atoms with Crippen LogP contribution in [0.3, 0.4) is 0 Å². The van der Waals surface area contributed by atoms with Crippen molar-refractivity contribution in [3.8, 4) is 142 Å². The second-order valence-electron chi connectivity index (χ2n) is 14.3. The van der Waals surface area contributed by atoms with Gasteiger partial charge >= 0.3 is 0 Å². The molecule has 8 atom stereocenters. The van der Waals surface area contributed by atoms with Crippen LogP contribution in [0.2, 0.25) is 0 Å². The molecule has 2 unspecified atom stereocenters. The van der Waals surface area contributed by atoms with Gasteiger partial charge in [-0.1, -0.05) is 89.9 Å². The van der Waals surface area contributed by atoms with Crippen molar-refractivity contribution in [2.75, 3.05) is 33.4 Å². The molecule has 0 aliphatic carbocycles. The van der Waals surface area contributed by atoms with Gasteiger partial charge in [0.25, 0.3) is 5.91 Å². The molecule has 340 valence electrons. The first-order valence-electron chi connectivity index (χ1n) is 21.9. The van der Waals surface area contributed by atoms with E-state index >= 15 is 0 Å². The van der Waals surface area contributed by atoms with Gasteiger partial charge in [0.05, 0.1) is 25.4 Å². The molecule has 11 nitrogen and oxygen atoms in total. The number of ether oxygens (including phenoxy) is 3. The van der Waals surface area contributed by atoms with Gasteiger partial charge in [0.1, 0.15) is 30.5 Å². The minimum atomic E-state index is -1.66. The lowest BCUT2D eigenvalue weighted by Crippen LogP contribution is -2.60. The first kappa shape index (κ1) is 56.8. The molecule has 1 aliphatic heterocycles. The summed E-state index contributed by atoms with van der Waals surface area (Å²) in [4.78, 5) is 12.8. The molecule has 0 saturated carbocycles. The number of carbonyl (C=O) groups is 1. The summed E-state index contributed by atoms with van der Waals surface area (Å²) >= 11 is 0. The Morgan fingerprint density at radius 2 is 1.05 bits per heavy atom. The van der Waals surface area contributed by atoms with Crippen molar-refractivity contribution in [3.63, 3.8) is 0 Å². The summed E-state index contributed by atoms with van der Waals surface area (Å²) in [6.07, 6.45) is 4.80. The maximum atomic E-state index is 12.8. The molecule has 0 aromatic heterocycles. The Bertz CT molecular complexity index is 2240. The highest BCUT2D eigenvalue weighted by molar-refractivity contribution is 5.94. The second-order valence-corrected chi connectivity index (χ2v) is 14.3. The SMILES string of the molecule is CC#CC#CC#CC#CC#CC#CC#CC#CC#CC#CC#CC#CC(=O)N[C@@H](CO[C@H]1OC(COCCCNC)[C@H](O)[C@H](O)C1O)[C@H](O)[C@H](O)CCCCCCCCCCCCCC. The molecular formula is C54H60N2O9. The van der Waals surface area contributed by atoms with Crippen LogP contribution in [0, 0.1) is 142 Å². The predicted molar refractivity (Wildman–Crippen MR) is 251 cm³/mol. The molecule has 1 aliphatic rings. The average molecular weight is 881 g/mol. The zero-order valence-electron chi connectivity index (χ0n) is 37.7. The Balaban J connectivity index is 2.84. The fourth-order valence-corrected chi connectivity index (χ4v) is 5.78. The van der Waals surface area contributed by atoms with Gasteiger partial charge in [-0.2, -0.15) is 0 Å². The summed E-state index contributed by atoms with van der Waals surface area (Å²) in [6.45, 7) is 4.45. The molecule has 1 saturated heterocycles. The Labute approximate surface area is 388 Å². The van der Waals surface area contributed by atoms with Crippen LogP contribution in [0.25, 0.3) is 0 Å². The van der Waals surface area contributed by atoms with E-state index in [-0.39, 0.29) is 13.0 Å². The number of rotatable bonds is 25. The minimum absolute atomic E-state index is 0.0806. The Hall–Kier alpha value is -6.17. The van der Waals surface area contributed by atoms with Gasteiger partial charge in [0.2, 0.25) is 0 Å². The lowest BCUT2D eigenvalue weighted by Gasteiger charge is -2.40. The number of amides is 1. The lowest BCUT2D eigenvalue weighted by atomic mass is 9.98. The third kappa shape index (κ3) is 30.5. The summed E-state index contributed by atoms with van der Waals surface area (Å²) in [7, 11) is 1.81. The minimum Gasteiger partial charge on any atom is -0.390 e. The Morgan fingerprint density at radius 3 is 1.51 bits per heavy atom. The van der Waals surface area contributed by atoms with Crippen molar-refractivity contribution in [2.45, 2.75) is 153 Å². The number of aliphatic hydroxyl groups excluding tert-OH is 5. The van der Waals surface area contributed by atoms with Gasteiger partial charge in [0.15, 0.2) is 6.29 Å². The molecule has 65 heavy (non-hydrogen) atoms. The number of nitrogens with one attached hydrogen (secondary N) is 2. The van der Waals surface area contributed by atoms with E-state index in [4.69, 9.17) is 14.2 Å². The maximum absolute atomic E-state index is 12.8. The van der Waals surface area contributed by atoms with Gasteiger partial charge in [-0.15, -0.1) is 0 Å². The number of unbranched alkanes of at least 4 members (excludes halogenated alkanes) is 11. The first-order chi connectivity index (χ1) is 31.8. The predicted octanol–water partition coefficient (Wildman–Crippen LogP) is 1.80. The molecule has 0 spiro atoms. The van der Waals surface area contributed by atoms with E-state index in [0.717, 1.165) is 25.8 Å². The zero-order chi connectivity index (χ0) is 47.4. The third-order valence-electron chi connectivity index (χ3n) is 9.20. The highest BCUT2D eigenvalue weighted by atomic mass is 16.7. The van der Waals surface area contributed by atoms with Crippen LogP contribution >= 0.6 is 0 Å². The first-order valence-corrected chi connectivity index (χ1v) is 21.9. The largest absolute Gasteiger partial charge is 0.390 e. The van der Waals surface area contributed by atoms with E-state index in [0.29, 0.717) is 19.4 Å². The van der Waals surface area contributed by atoms with E-state index in [1.165, 1.54) is 51.4 Å². The van der Waals surface area contributed by atoms with Crippen LogP contribution in [0.15, 0.2) is 0 Å². The molecule has 1 amide bonds. The highest BCUT2D eigenvalue weighted by Gasteiger charge is 2.45. The summed E-state index contributed by atoms with van der Waals surface area (Å²) in [5.74, 6) is 58.8. The molecule has 7 N–H and O–H groups in total. The molecule has 0 aromatic rings. The zero-order valence-corrected chi connectivity index (χ0v) is 37.7. The fourth-order valence-electron chi connectivity index (χ4n) is 5.78. The topological polar surface area (TPSA) is 170 Å². The van der Waals surface area contributed by atoms with E-state index in [1.807, 2.05) is 7.05 Å². The summed E-state index contributed by atoms with van der Waals surface area (Å²) in [6, 6.07) is -1.21. The van der Waals surface area contributed by atoms with Crippen LogP contribution < -0.4 is 10.6 Å². The number of aliphatic hydroxyl groups is 5.